The summed E-state index contributed by atoms with van der Waals surface area (Å²) >= 11 is 0. The van der Waals surface area contributed by atoms with Crippen LogP contribution in [0.4, 0.5) is 0 Å². The highest BCUT2D eigenvalue weighted by Crippen LogP contribution is 2.43. The van der Waals surface area contributed by atoms with E-state index >= 15 is 0 Å². The topological polar surface area (TPSA) is 56.8 Å². The van der Waals surface area contributed by atoms with Crippen LogP contribution in [0.15, 0.2) is 23.8 Å². The van der Waals surface area contributed by atoms with Gasteiger partial charge in [-0.25, -0.2) is 0 Å². The molecule has 5 nitrogen and oxygen atoms in total. The van der Waals surface area contributed by atoms with E-state index in [1.807, 2.05) is 13.0 Å². The molecule has 1 aliphatic carbocycles. The van der Waals surface area contributed by atoms with Gasteiger partial charge in [-0.2, -0.15) is 0 Å². The average Bonchev–Trinajstić information content (AvgIpc) is 2.98. The number of fused-ring (bicyclic) bond motifs is 3. The van der Waals surface area contributed by atoms with Gasteiger partial charge >= 0.3 is 0 Å². The van der Waals surface area contributed by atoms with Gasteiger partial charge in [0.15, 0.2) is 5.79 Å². The summed E-state index contributed by atoms with van der Waals surface area (Å²) in [5, 5.41) is 3.06. The number of hydrogen-bond acceptors (Lipinski definition) is 4. The first kappa shape index (κ1) is 16.6. The summed E-state index contributed by atoms with van der Waals surface area (Å²) in [5.74, 6) is 0.576. The summed E-state index contributed by atoms with van der Waals surface area (Å²) in [6.45, 7) is 3.81. The van der Waals surface area contributed by atoms with Gasteiger partial charge in [0, 0.05) is 18.5 Å². The molecule has 0 spiro atoms. The lowest BCUT2D eigenvalue weighted by Crippen LogP contribution is -2.32. The molecule has 0 bridgehead atoms. The van der Waals surface area contributed by atoms with Gasteiger partial charge in [-0.1, -0.05) is 6.07 Å². The largest absolute Gasteiger partial charge is 0.497 e. The monoisotopic (exact) mass is 343 g/mol. The number of ether oxygens (including phenoxy) is 3. The Morgan fingerprint density at radius 1 is 1.28 bits per heavy atom. The van der Waals surface area contributed by atoms with E-state index in [2.05, 4.69) is 17.4 Å². The molecule has 1 aromatic rings. The molecule has 0 aromatic heterocycles. The Kier molecular flexibility index (Phi) is 4.29. The fourth-order valence-corrected chi connectivity index (χ4v) is 4.30. The maximum atomic E-state index is 12.8. The second-order valence-corrected chi connectivity index (χ2v) is 7.20. The third-order valence-corrected chi connectivity index (χ3v) is 5.55. The van der Waals surface area contributed by atoms with E-state index in [1.54, 1.807) is 7.11 Å². The number of carbonyl (C=O) groups excluding carboxylic acids is 1. The highest BCUT2D eigenvalue weighted by atomic mass is 16.7. The summed E-state index contributed by atoms with van der Waals surface area (Å²) in [5.41, 5.74) is 4.44. The SMILES string of the molecule is COc1ccc2c(c1)CCC1CCNC(=O)C(CC3(C)OCCO3)=C21. The lowest BCUT2D eigenvalue weighted by Gasteiger charge is -2.30. The molecule has 0 radical (unpaired) electrons. The fraction of sp³-hybridized carbons (Fsp3) is 0.550. The molecule has 1 amide bonds. The van der Waals surface area contributed by atoms with Crippen molar-refractivity contribution in [3.05, 3.63) is 34.9 Å². The number of amides is 1. The van der Waals surface area contributed by atoms with E-state index in [0.29, 0.717) is 25.6 Å². The van der Waals surface area contributed by atoms with Crippen LogP contribution in [0.5, 0.6) is 5.75 Å². The normalized spacial score (nSPS) is 25.0. The minimum absolute atomic E-state index is 0.0153. The summed E-state index contributed by atoms with van der Waals surface area (Å²) in [6, 6.07) is 6.19. The maximum absolute atomic E-state index is 12.8. The van der Waals surface area contributed by atoms with Crippen LogP contribution in [0.2, 0.25) is 0 Å². The zero-order valence-corrected chi connectivity index (χ0v) is 14.9. The lowest BCUT2D eigenvalue weighted by molar-refractivity contribution is -0.143. The maximum Gasteiger partial charge on any atom is 0.247 e. The zero-order valence-electron chi connectivity index (χ0n) is 14.9. The van der Waals surface area contributed by atoms with E-state index in [4.69, 9.17) is 14.2 Å². The summed E-state index contributed by atoms with van der Waals surface area (Å²) in [4.78, 5) is 12.8. The molecule has 1 unspecified atom stereocenters. The van der Waals surface area contributed by atoms with Crippen molar-refractivity contribution in [2.75, 3.05) is 26.9 Å². The van der Waals surface area contributed by atoms with Crippen molar-refractivity contribution in [1.82, 2.24) is 5.32 Å². The fourth-order valence-electron chi connectivity index (χ4n) is 4.30. The van der Waals surface area contributed by atoms with Gasteiger partial charge in [0.2, 0.25) is 5.91 Å². The van der Waals surface area contributed by atoms with Gasteiger partial charge in [-0.05, 0) is 60.9 Å². The Labute approximate surface area is 148 Å². The van der Waals surface area contributed by atoms with Crippen LogP contribution >= 0.6 is 0 Å². The molecule has 4 rings (SSSR count). The molecule has 2 heterocycles. The molecule has 134 valence electrons. The predicted molar refractivity (Wildman–Crippen MR) is 94.3 cm³/mol. The molecule has 1 fully saturated rings. The highest BCUT2D eigenvalue weighted by Gasteiger charge is 2.38. The Morgan fingerprint density at radius 2 is 2.08 bits per heavy atom. The van der Waals surface area contributed by atoms with E-state index in [9.17, 15) is 4.79 Å². The highest BCUT2D eigenvalue weighted by molar-refractivity contribution is 6.02. The van der Waals surface area contributed by atoms with Crippen LogP contribution in [0.1, 0.15) is 37.3 Å². The molecule has 1 aromatic carbocycles. The summed E-state index contributed by atoms with van der Waals surface area (Å²) < 4.78 is 16.9. The van der Waals surface area contributed by atoms with Crippen molar-refractivity contribution in [2.24, 2.45) is 5.92 Å². The number of aryl methyl sites for hydroxylation is 1. The summed E-state index contributed by atoms with van der Waals surface area (Å²) in [6.07, 6.45) is 3.55. The quantitative estimate of drug-likeness (QED) is 0.917. The van der Waals surface area contributed by atoms with Crippen LogP contribution in [0.3, 0.4) is 0 Å². The molecule has 5 heteroatoms. The average molecular weight is 343 g/mol. The van der Waals surface area contributed by atoms with Gasteiger partial charge in [-0.15, -0.1) is 0 Å². The first-order valence-corrected chi connectivity index (χ1v) is 9.06. The lowest BCUT2D eigenvalue weighted by atomic mass is 9.75. The number of methoxy groups -OCH3 is 1. The Balaban J connectivity index is 1.82. The Morgan fingerprint density at radius 3 is 2.84 bits per heavy atom. The molecular weight excluding hydrogens is 318 g/mol. The van der Waals surface area contributed by atoms with Gasteiger partial charge in [0.25, 0.3) is 0 Å². The second-order valence-electron chi connectivity index (χ2n) is 7.20. The van der Waals surface area contributed by atoms with Gasteiger partial charge in [0.05, 0.1) is 20.3 Å². The zero-order chi connectivity index (χ0) is 17.4. The van der Waals surface area contributed by atoms with Crippen LogP contribution < -0.4 is 10.1 Å². The van der Waals surface area contributed by atoms with E-state index < -0.39 is 5.79 Å². The standard InChI is InChI=1S/C20H25NO4/c1-20(24-9-10-25-20)12-17-18-13(7-8-21-19(17)22)3-4-14-11-15(23-2)5-6-16(14)18/h5-6,11,13H,3-4,7-10,12H2,1-2H3,(H,21,22). The van der Waals surface area contributed by atoms with Crippen molar-refractivity contribution < 1.29 is 19.0 Å². The number of nitrogens with one attached hydrogen (secondary N) is 1. The molecule has 1 atom stereocenters. The smallest absolute Gasteiger partial charge is 0.247 e. The molecule has 1 N–H and O–H groups in total. The summed E-state index contributed by atoms with van der Waals surface area (Å²) in [7, 11) is 1.69. The van der Waals surface area contributed by atoms with E-state index in [0.717, 1.165) is 37.1 Å². The minimum Gasteiger partial charge on any atom is -0.497 e. The Hall–Kier alpha value is -1.85. The van der Waals surface area contributed by atoms with Crippen molar-refractivity contribution in [2.45, 2.75) is 38.4 Å². The van der Waals surface area contributed by atoms with Gasteiger partial charge < -0.3 is 19.5 Å². The molecule has 2 aliphatic heterocycles. The first-order valence-electron chi connectivity index (χ1n) is 9.06. The third-order valence-electron chi connectivity index (χ3n) is 5.55. The number of rotatable bonds is 3. The van der Waals surface area contributed by atoms with Crippen molar-refractivity contribution >= 4 is 11.5 Å². The molecule has 1 saturated heterocycles. The molecule has 25 heavy (non-hydrogen) atoms. The molecule has 3 aliphatic rings. The number of allylic oxidation sites excluding steroid dienone is 1. The van der Waals surface area contributed by atoms with E-state index in [1.165, 1.54) is 16.7 Å². The van der Waals surface area contributed by atoms with Crippen LogP contribution in [-0.4, -0.2) is 38.6 Å². The minimum atomic E-state index is -0.710. The van der Waals surface area contributed by atoms with Gasteiger partial charge in [0.1, 0.15) is 5.75 Å². The second kappa shape index (κ2) is 6.46. The van der Waals surface area contributed by atoms with Crippen molar-refractivity contribution in [3.8, 4) is 5.75 Å². The van der Waals surface area contributed by atoms with Crippen LogP contribution in [0.25, 0.3) is 5.57 Å². The number of hydrogen-bond donors (Lipinski definition) is 1. The number of carbonyl (C=O) groups is 1. The third kappa shape index (κ3) is 3.07. The van der Waals surface area contributed by atoms with Crippen LogP contribution in [-0.2, 0) is 20.7 Å². The molecule has 0 saturated carbocycles. The van der Waals surface area contributed by atoms with Crippen LogP contribution in [0, 0.1) is 5.92 Å². The van der Waals surface area contributed by atoms with Gasteiger partial charge in [-0.3, -0.25) is 4.79 Å². The van der Waals surface area contributed by atoms with Crippen molar-refractivity contribution in [1.29, 1.82) is 0 Å². The predicted octanol–water partition coefficient (Wildman–Crippen LogP) is 2.68. The van der Waals surface area contributed by atoms with E-state index in [-0.39, 0.29) is 5.91 Å². The van der Waals surface area contributed by atoms with Crippen molar-refractivity contribution in [3.63, 3.8) is 0 Å². The number of benzene rings is 1. The Bertz CT molecular complexity index is 718. The molecular formula is C20H25NO4. The first-order chi connectivity index (χ1) is 12.1.